The van der Waals surface area contributed by atoms with Gasteiger partial charge in [0, 0.05) is 51.7 Å². The lowest BCUT2D eigenvalue weighted by Crippen LogP contribution is -2.27. The molecular formula is C21H18F4N6OS. The molecule has 0 saturated heterocycles. The van der Waals surface area contributed by atoms with Crippen molar-refractivity contribution in [2.24, 2.45) is 0 Å². The molecule has 1 N–H and O–H groups in total. The zero-order chi connectivity index (χ0) is 23.8. The largest absolute Gasteiger partial charge is 0.451 e. The second kappa shape index (κ2) is 8.85. The van der Waals surface area contributed by atoms with Gasteiger partial charge in [0.2, 0.25) is 5.82 Å². The molecule has 1 atom stereocenters. The number of benzene rings is 1. The van der Waals surface area contributed by atoms with Crippen molar-refractivity contribution in [2.45, 2.75) is 32.6 Å². The number of hydrogen-bond acceptors (Lipinski definition) is 6. The molecule has 4 rings (SSSR count). The Morgan fingerprint density at radius 3 is 2.52 bits per heavy atom. The van der Waals surface area contributed by atoms with Gasteiger partial charge in [0.25, 0.3) is 5.91 Å². The first-order valence-electron chi connectivity index (χ1n) is 9.85. The number of nitrogens with zero attached hydrogens (tertiary/aromatic N) is 5. The summed E-state index contributed by atoms with van der Waals surface area (Å²) >= 11 is 1.45. The molecule has 0 radical (unpaired) electrons. The van der Waals surface area contributed by atoms with E-state index in [-0.39, 0.29) is 12.1 Å². The Kier molecular flexibility index (Phi) is 6.11. The molecule has 0 saturated carbocycles. The number of thiazole rings is 1. The lowest BCUT2D eigenvalue weighted by Gasteiger charge is -2.15. The molecule has 3 aromatic heterocycles. The van der Waals surface area contributed by atoms with Crippen molar-refractivity contribution in [3.8, 4) is 10.6 Å². The van der Waals surface area contributed by atoms with Crippen LogP contribution in [0.5, 0.6) is 0 Å². The van der Waals surface area contributed by atoms with Crippen LogP contribution in [0.4, 0.5) is 17.6 Å². The van der Waals surface area contributed by atoms with E-state index in [1.54, 1.807) is 31.5 Å². The number of hydrogen-bond donors (Lipinski definition) is 1. The number of rotatable bonds is 6. The number of halogens is 4. The van der Waals surface area contributed by atoms with Gasteiger partial charge < -0.3 is 5.32 Å². The van der Waals surface area contributed by atoms with Crippen molar-refractivity contribution in [1.82, 2.24) is 30.0 Å². The second-order valence-electron chi connectivity index (χ2n) is 7.35. The lowest BCUT2D eigenvalue weighted by molar-refractivity contribution is -0.145. The molecule has 0 spiro atoms. The summed E-state index contributed by atoms with van der Waals surface area (Å²) in [5.41, 5.74) is 1.80. The highest BCUT2D eigenvalue weighted by Crippen LogP contribution is 2.33. The van der Waals surface area contributed by atoms with E-state index in [2.05, 4.69) is 25.4 Å². The molecule has 12 heteroatoms. The Hall–Kier alpha value is -3.41. The van der Waals surface area contributed by atoms with Crippen LogP contribution in [0.3, 0.4) is 0 Å². The molecule has 172 valence electrons. The van der Waals surface area contributed by atoms with Crippen molar-refractivity contribution in [3.63, 3.8) is 0 Å². The highest BCUT2D eigenvalue weighted by atomic mass is 32.1. The minimum atomic E-state index is -4.64. The molecule has 0 bridgehead atoms. The maximum absolute atomic E-state index is 13.0. The van der Waals surface area contributed by atoms with E-state index in [1.807, 2.05) is 6.92 Å². The molecule has 33 heavy (non-hydrogen) atoms. The SMILES string of the molecule is Cc1cnc(-c2cc(C(=O)NC(C)c3cnc(C(F)(F)F)nc3)cc3nn(CCF)cc23)s1. The van der Waals surface area contributed by atoms with Crippen molar-refractivity contribution in [2.75, 3.05) is 6.67 Å². The molecule has 1 unspecified atom stereocenters. The first kappa shape index (κ1) is 22.8. The molecule has 1 amide bonds. The summed E-state index contributed by atoms with van der Waals surface area (Å²) in [5.74, 6) is -1.71. The standard InChI is InChI=1S/C21H18F4N6OS/c1-11-7-26-19(33-11)15-5-13(6-17-16(15)10-31(30-17)4-3-22)18(32)29-12(2)14-8-27-20(28-9-14)21(23,24)25/h5-10,12H,3-4H2,1-2H3,(H,29,32). The van der Waals surface area contributed by atoms with E-state index in [9.17, 15) is 22.4 Å². The molecule has 0 fully saturated rings. The predicted molar refractivity (Wildman–Crippen MR) is 114 cm³/mol. The molecule has 0 aliphatic rings. The van der Waals surface area contributed by atoms with Crippen molar-refractivity contribution in [3.05, 3.63) is 58.7 Å². The Balaban J connectivity index is 1.65. The summed E-state index contributed by atoms with van der Waals surface area (Å²) in [5, 5.41) is 8.52. The Bertz CT molecular complexity index is 1300. The first-order valence-corrected chi connectivity index (χ1v) is 10.7. The lowest BCUT2D eigenvalue weighted by atomic mass is 10.1. The third-order valence-electron chi connectivity index (χ3n) is 4.87. The van der Waals surface area contributed by atoms with Crippen LogP contribution in [0.15, 0.2) is 36.9 Å². The van der Waals surface area contributed by atoms with Crippen LogP contribution in [0, 0.1) is 6.92 Å². The van der Waals surface area contributed by atoms with Gasteiger partial charge in [-0.1, -0.05) is 0 Å². The van der Waals surface area contributed by atoms with Gasteiger partial charge in [-0.2, -0.15) is 18.3 Å². The minimum Gasteiger partial charge on any atom is -0.345 e. The van der Waals surface area contributed by atoms with E-state index >= 15 is 0 Å². The number of aromatic nitrogens is 5. The van der Waals surface area contributed by atoms with Crippen LogP contribution in [0.1, 0.15) is 39.6 Å². The number of carbonyl (C=O) groups excluding carboxylic acids is 1. The smallest absolute Gasteiger partial charge is 0.345 e. The van der Waals surface area contributed by atoms with Crippen LogP contribution in [0.25, 0.3) is 21.5 Å². The normalized spacial score (nSPS) is 12.8. The van der Waals surface area contributed by atoms with E-state index in [1.165, 1.54) is 16.0 Å². The number of aryl methyl sites for hydroxylation is 2. The van der Waals surface area contributed by atoms with E-state index in [0.717, 1.165) is 22.7 Å². The molecular weight excluding hydrogens is 460 g/mol. The summed E-state index contributed by atoms with van der Waals surface area (Å²) in [6, 6.07) is 2.61. The number of amides is 1. The average Bonchev–Trinajstić information content (AvgIpc) is 3.38. The fourth-order valence-corrected chi connectivity index (χ4v) is 4.03. The van der Waals surface area contributed by atoms with Gasteiger partial charge in [-0.3, -0.25) is 9.48 Å². The van der Waals surface area contributed by atoms with E-state index in [4.69, 9.17) is 0 Å². The molecule has 0 aliphatic heterocycles. The van der Waals surface area contributed by atoms with Crippen molar-refractivity contribution in [1.29, 1.82) is 0 Å². The van der Waals surface area contributed by atoms with E-state index < -0.39 is 30.6 Å². The Morgan fingerprint density at radius 2 is 1.91 bits per heavy atom. The fraction of sp³-hybridized carbons (Fsp3) is 0.286. The Morgan fingerprint density at radius 1 is 1.18 bits per heavy atom. The zero-order valence-electron chi connectivity index (χ0n) is 17.5. The van der Waals surface area contributed by atoms with E-state index in [0.29, 0.717) is 21.7 Å². The predicted octanol–water partition coefficient (Wildman–Crippen LogP) is 4.74. The first-order chi connectivity index (χ1) is 15.7. The van der Waals surface area contributed by atoms with Crippen LogP contribution >= 0.6 is 11.3 Å². The third-order valence-corrected chi connectivity index (χ3v) is 5.82. The van der Waals surface area contributed by atoms with Crippen molar-refractivity contribution >= 4 is 28.1 Å². The fourth-order valence-electron chi connectivity index (χ4n) is 3.23. The monoisotopic (exact) mass is 478 g/mol. The molecule has 0 aliphatic carbocycles. The summed E-state index contributed by atoms with van der Waals surface area (Å²) in [6.45, 7) is 3.02. The molecule has 4 aromatic rings. The molecule has 1 aromatic carbocycles. The van der Waals surface area contributed by atoms with Gasteiger partial charge in [0.1, 0.15) is 11.7 Å². The van der Waals surface area contributed by atoms with Gasteiger partial charge >= 0.3 is 6.18 Å². The van der Waals surface area contributed by atoms with Crippen molar-refractivity contribution < 1.29 is 22.4 Å². The number of alkyl halides is 4. The summed E-state index contributed by atoms with van der Waals surface area (Å²) < 4.78 is 52.3. The zero-order valence-corrected chi connectivity index (χ0v) is 18.3. The average molecular weight is 478 g/mol. The molecule has 7 nitrogen and oxygen atoms in total. The maximum Gasteiger partial charge on any atom is 0.451 e. The van der Waals surface area contributed by atoms with Gasteiger partial charge in [0.15, 0.2) is 0 Å². The van der Waals surface area contributed by atoms with Gasteiger partial charge in [0.05, 0.1) is 18.1 Å². The summed E-state index contributed by atoms with van der Waals surface area (Å²) in [4.78, 5) is 25.0. The number of nitrogens with one attached hydrogen (secondary N) is 1. The highest BCUT2D eigenvalue weighted by molar-refractivity contribution is 7.15. The van der Waals surface area contributed by atoms with Crippen LogP contribution in [-0.4, -0.2) is 37.3 Å². The quantitative estimate of drug-likeness (QED) is 0.405. The number of fused-ring (bicyclic) bond motifs is 1. The maximum atomic E-state index is 13.0. The summed E-state index contributed by atoms with van der Waals surface area (Å²) in [6.07, 6.45) is 0.859. The van der Waals surface area contributed by atoms with Crippen LogP contribution in [0.2, 0.25) is 0 Å². The van der Waals surface area contributed by atoms with Crippen LogP contribution in [-0.2, 0) is 12.7 Å². The van der Waals surface area contributed by atoms with Crippen LogP contribution < -0.4 is 5.32 Å². The third kappa shape index (κ3) is 4.85. The summed E-state index contributed by atoms with van der Waals surface area (Å²) in [7, 11) is 0. The van der Waals surface area contributed by atoms with Gasteiger partial charge in [-0.25, -0.2) is 19.3 Å². The molecule has 3 heterocycles. The Labute approximate surface area is 189 Å². The topological polar surface area (TPSA) is 85.6 Å². The highest BCUT2D eigenvalue weighted by Gasteiger charge is 2.34. The minimum absolute atomic E-state index is 0.0809. The number of carbonyl (C=O) groups is 1. The van der Waals surface area contributed by atoms with Gasteiger partial charge in [-0.15, -0.1) is 11.3 Å². The second-order valence-corrected chi connectivity index (χ2v) is 8.58. The van der Waals surface area contributed by atoms with Gasteiger partial charge in [-0.05, 0) is 26.0 Å².